The molecule has 3 rings (SSSR count). The first-order valence-corrected chi connectivity index (χ1v) is 9.96. The van der Waals surface area contributed by atoms with Gasteiger partial charge < -0.3 is 10.1 Å². The first-order valence-electron chi connectivity index (χ1n) is 9.96. The summed E-state index contributed by atoms with van der Waals surface area (Å²) < 4.78 is 7.77. The molecule has 8 nitrogen and oxygen atoms in total. The summed E-state index contributed by atoms with van der Waals surface area (Å²) in [7, 11) is 2.98. The number of fused-ring (bicyclic) bond motifs is 1. The molecule has 0 saturated heterocycles. The minimum atomic E-state index is -0.477. The van der Waals surface area contributed by atoms with Gasteiger partial charge in [-0.05, 0) is 36.6 Å². The molecule has 1 aromatic carbocycles. The zero-order chi connectivity index (χ0) is 21.8. The second-order valence-corrected chi connectivity index (χ2v) is 7.11. The molecule has 0 radical (unpaired) electrons. The molecular formula is C22H26N4O4. The van der Waals surface area contributed by atoms with E-state index in [4.69, 9.17) is 4.74 Å². The fourth-order valence-corrected chi connectivity index (χ4v) is 3.41. The van der Waals surface area contributed by atoms with E-state index in [1.807, 2.05) is 38.1 Å². The number of benzene rings is 1. The van der Waals surface area contributed by atoms with Gasteiger partial charge in [0, 0.05) is 20.3 Å². The second kappa shape index (κ2) is 8.94. The van der Waals surface area contributed by atoms with Crippen molar-refractivity contribution in [3.05, 3.63) is 62.4 Å². The number of pyridine rings is 1. The average molecular weight is 410 g/mol. The molecule has 30 heavy (non-hydrogen) atoms. The molecule has 2 heterocycles. The zero-order valence-corrected chi connectivity index (χ0v) is 17.7. The fourth-order valence-electron chi connectivity index (χ4n) is 3.41. The highest BCUT2D eigenvalue weighted by molar-refractivity contribution is 6.01. The van der Waals surface area contributed by atoms with Crippen LogP contribution >= 0.6 is 0 Å². The third-order valence-electron chi connectivity index (χ3n) is 4.93. The number of hydrogen-bond acceptors (Lipinski definition) is 5. The summed E-state index contributed by atoms with van der Waals surface area (Å²) in [5.41, 5.74) is 1.32. The standard InChI is InChI=1S/C22H26N4O4/c1-5-7-15-13-23-20-18(21(28)26(4)22(29)25(20)3)19(15)24-17(27)12-14-8-10-16(11-9-14)30-6-2/h8-11,13H,5-7,12H2,1-4H3,(H,23,24,27). The Hall–Kier alpha value is -3.42. The summed E-state index contributed by atoms with van der Waals surface area (Å²) >= 11 is 0. The summed E-state index contributed by atoms with van der Waals surface area (Å²) in [6.45, 7) is 4.50. The normalized spacial score (nSPS) is 10.9. The molecule has 2 aromatic heterocycles. The Balaban J connectivity index is 2.01. The van der Waals surface area contributed by atoms with Crippen LogP contribution in [0.2, 0.25) is 0 Å². The lowest BCUT2D eigenvalue weighted by Crippen LogP contribution is -2.38. The van der Waals surface area contributed by atoms with Gasteiger partial charge in [-0.3, -0.25) is 18.7 Å². The Morgan fingerprint density at radius 1 is 1.10 bits per heavy atom. The number of amides is 1. The smallest absolute Gasteiger partial charge is 0.332 e. The second-order valence-electron chi connectivity index (χ2n) is 7.11. The number of ether oxygens (including phenoxy) is 1. The predicted molar refractivity (Wildman–Crippen MR) is 116 cm³/mol. The van der Waals surface area contributed by atoms with Crippen molar-refractivity contribution in [2.45, 2.75) is 33.1 Å². The van der Waals surface area contributed by atoms with Gasteiger partial charge in [-0.25, -0.2) is 9.78 Å². The molecular weight excluding hydrogens is 384 g/mol. The van der Waals surface area contributed by atoms with Gasteiger partial charge in [0.1, 0.15) is 11.1 Å². The van der Waals surface area contributed by atoms with Crippen molar-refractivity contribution in [1.82, 2.24) is 14.1 Å². The first-order chi connectivity index (χ1) is 14.4. The lowest BCUT2D eigenvalue weighted by Gasteiger charge is -2.15. The van der Waals surface area contributed by atoms with Crippen LogP contribution < -0.4 is 21.3 Å². The van der Waals surface area contributed by atoms with Gasteiger partial charge in [-0.15, -0.1) is 0 Å². The number of aryl methyl sites for hydroxylation is 2. The van der Waals surface area contributed by atoms with E-state index in [-0.39, 0.29) is 23.4 Å². The highest BCUT2D eigenvalue weighted by atomic mass is 16.5. The number of hydrogen-bond donors (Lipinski definition) is 1. The maximum atomic E-state index is 12.9. The molecule has 0 aliphatic rings. The minimum Gasteiger partial charge on any atom is -0.494 e. The molecule has 8 heteroatoms. The van der Waals surface area contributed by atoms with Gasteiger partial charge in [0.2, 0.25) is 5.91 Å². The molecule has 0 aliphatic heterocycles. The Bertz CT molecular complexity index is 1190. The highest BCUT2D eigenvalue weighted by Gasteiger charge is 2.18. The van der Waals surface area contributed by atoms with Crippen LogP contribution in [0.3, 0.4) is 0 Å². The molecule has 158 valence electrons. The van der Waals surface area contributed by atoms with Crippen LogP contribution in [0.4, 0.5) is 5.69 Å². The van der Waals surface area contributed by atoms with Crippen LogP contribution in [0, 0.1) is 0 Å². The molecule has 3 aromatic rings. The van der Waals surface area contributed by atoms with Gasteiger partial charge in [0.05, 0.1) is 18.7 Å². The number of aromatic nitrogens is 3. The van der Waals surface area contributed by atoms with Crippen LogP contribution in [0.25, 0.3) is 11.0 Å². The number of carbonyl (C=O) groups excluding carboxylic acids is 1. The maximum Gasteiger partial charge on any atom is 0.332 e. The molecule has 1 N–H and O–H groups in total. The van der Waals surface area contributed by atoms with E-state index in [0.717, 1.165) is 27.9 Å². The van der Waals surface area contributed by atoms with E-state index in [1.54, 1.807) is 13.2 Å². The predicted octanol–water partition coefficient (Wildman–Crippen LogP) is 2.16. The fraction of sp³-hybridized carbons (Fsp3) is 0.364. The number of nitrogens with zero attached hydrogens (tertiary/aromatic N) is 3. The third-order valence-corrected chi connectivity index (χ3v) is 4.93. The van der Waals surface area contributed by atoms with Crippen LogP contribution in [0.5, 0.6) is 5.75 Å². The molecule has 0 fully saturated rings. The Morgan fingerprint density at radius 3 is 2.43 bits per heavy atom. The third kappa shape index (κ3) is 4.12. The van der Waals surface area contributed by atoms with Crippen molar-refractivity contribution in [3.8, 4) is 5.75 Å². The monoisotopic (exact) mass is 410 g/mol. The molecule has 0 saturated carbocycles. The Kier molecular flexibility index (Phi) is 6.34. The number of rotatable bonds is 7. The van der Waals surface area contributed by atoms with Crippen molar-refractivity contribution in [2.24, 2.45) is 14.1 Å². The average Bonchev–Trinajstić information content (AvgIpc) is 2.73. The molecule has 0 spiro atoms. The number of anilines is 1. The van der Waals surface area contributed by atoms with Crippen molar-refractivity contribution in [1.29, 1.82) is 0 Å². The number of carbonyl (C=O) groups is 1. The Labute approximate surface area is 174 Å². The van der Waals surface area contributed by atoms with Gasteiger partial charge >= 0.3 is 5.69 Å². The summed E-state index contributed by atoms with van der Waals surface area (Å²) in [5.74, 6) is 0.497. The van der Waals surface area contributed by atoms with Gasteiger partial charge in [0.25, 0.3) is 5.56 Å². The lowest BCUT2D eigenvalue weighted by atomic mass is 10.1. The van der Waals surface area contributed by atoms with Gasteiger partial charge in [0.15, 0.2) is 5.65 Å². The van der Waals surface area contributed by atoms with Crippen molar-refractivity contribution < 1.29 is 9.53 Å². The van der Waals surface area contributed by atoms with E-state index in [1.165, 1.54) is 11.6 Å². The maximum absolute atomic E-state index is 12.9. The molecule has 1 amide bonds. The highest BCUT2D eigenvalue weighted by Crippen LogP contribution is 2.24. The first kappa shape index (κ1) is 21.3. The van der Waals surface area contributed by atoms with Crippen molar-refractivity contribution in [2.75, 3.05) is 11.9 Å². The molecule has 0 atom stereocenters. The van der Waals surface area contributed by atoms with Crippen LogP contribution in [0.1, 0.15) is 31.4 Å². The van der Waals surface area contributed by atoms with E-state index < -0.39 is 11.2 Å². The molecule has 0 unspecified atom stereocenters. The Morgan fingerprint density at radius 2 is 1.80 bits per heavy atom. The summed E-state index contributed by atoms with van der Waals surface area (Å²) in [6.07, 6.45) is 3.24. The summed E-state index contributed by atoms with van der Waals surface area (Å²) in [6, 6.07) is 7.32. The summed E-state index contributed by atoms with van der Waals surface area (Å²) in [5, 5.41) is 3.14. The van der Waals surface area contributed by atoms with E-state index in [9.17, 15) is 14.4 Å². The van der Waals surface area contributed by atoms with Gasteiger partial charge in [-0.1, -0.05) is 25.5 Å². The zero-order valence-electron chi connectivity index (χ0n) is 17.7. The minimum absolute atomic E-state index is 0.147. The molecule has 0 bridgehead atoms. The van der Waals surface area contributed by atoms with Crippen LogP contribution in [-0.4, -0.2) is 26.6 Å². The van der Waals surface area contributed by atoms with Crippen LogP contribution in [-0.2, 0) is 31.7 Å². The van der Waals surface area contributed by atoms with E-state index in [0.29, 0.717) is 18.7 Å². The van der Waals surface area contributed by atoms with E-state index >= 15 is 0 Å². The topological polar surface area (TPSA) is 95.2 Å². The quantitative estimate of drug-likeness (QED) is 0.644. The summed E-state index contributed by atoms with van der Waals surface area (Å²) in [4.78, 5) is 42.2. The van der Waals surface area contributed by atoms with Crippen LogP contribution in [0.15, 0.2) is 40.1 Å². The largest absolute Gasteiger partial charge is 0.494 e. The van der Waals surface area contributed by atoms with E-state index in [2.05, 4.69) is 10.3 Å². The van der Waals surface area contributed by atoms with Gasteiger partial charge in [-0.2, -0.15) is 0 Å². The lowest BCUT2D eigenvalue weighted by molar-refractivity contribution is -0.115. The molecule has 0 aliphatic carbocycles. The van der Waals surface area contributed by atoms with Crippen molar-refractivity contribution in [3.63, 3.8) is 0 Å². The number of nitrogens with one attached hydrogen (secondary N) is 1. The SMILES string of the molecule is CCCc1cnc2c(c1NC(=O)Cc1ccc(OCC)cc1)c(=O)n(C)c(=O)n2C. The van der Waals surface area contributed by atoms with Crippen molar-refractivity contribution >= 4 is 22.6 Å².